The lowest BCUT2D eigenvalue weighted by molar-refractivity contribution is 0.221. The van der Waals surface area contributed by atoms with Gasteiger partial charge in [-0.3, -0.25) is 4.90 Å². The first-order chi connectivity index (χ1) is 13.6. The van der Waals surface area contributed by atoms with Crippen LogP contribution in [0.25, 0.3) is 10.9 Å². The van der Waals surface area contributed by atoms with E-state index in [0.29, 0.717) is 0 Å². The zero-order chi connectivity index (χ0) is 19.9. The Kier molecular flexibility index (Phi) is 7.38. The van der Waals surface area contributed by atoms with Gasteiger partial charge >= 0.3 is 0 Å². The average molecular weight is 381 g/mol. The molecule has 0 aliphatic carbocycles. The maximum Gasteiger partial charge on any atom is 0.119 e. The van der Waals surface area contributed by atoms with Gasteiger partial charge in [-0.05, 0) is 83.3 Å². The minimum atomic E-state index is 0.934. The van der Waals surface area contributed by atoms with Crippen molar-refractivity contribution < 1.29 is 4.74 Å². The van der Waals surface area contributed by atoms with Crippen LogP contribution in [-0.4, -0.2) is 29.7 Å². The van der Waals surface area contributed by atoms with Crippen LogP contribution in [0.4, 0.5) is 0 Å². The van der Waals surface area contributed by atoms with E-state index in [-0.39, 0.29) is 0 Å². The van der Waals surface area contributed by atoms with Gasteiger partial charge < -0.3 is 9.30 Å². The summed E-state index contributed by atoms with van der Waals surface area (Å²) < 4.78 is 7.90. The number of ether oxygens (including phenoxy) is 1. The molecule has 2 heterocycles. The Morgan fingerprint density at radius 3 is 2.57 bits per heavy atom. The fraction of sp³-hybridized carbons (Fsp3) is 0.520. The van der Waals surface area contributed by atoms with Crippen LogP contribution in [0.1, 0.15) is 58.4 Å². The van der Waals surface area contributed by atoms with Crippen molar-refractivity contribution in [3.8, 4) is 5.75 Å². The third-order valence-corrected chi connectivity index (χ3v) is 5.74. The standard InChI is InChI=1S/C25H36N2O/c1-20(2)9-8-10-21(3)13-16-27-19-22(18-26-14-6-5-7-15-26)24-17-23(28-4)11-12-25(24)27/h9,11-13,17,19H,5-8,10,14-16,18H2,1-4H3/b21-13+. The van der Waals surface area contributed by atoms with Gasteiger partial charge in [-0.15, -0.1) is 0 Å². The molecule has 0 N–H and O–H groups in total. The predicted molar refractivity (Wildman–Crippen MR) is 120 cm³/mol. The molecule has 1 aromatic heterocycles. The van der Waals surface area contributed by atoms with Crippen LogP contribution in [0, 0.1) is 0 Å². The minimum absolute atomic E-state index is 0.934. The summed E-state index contributed by atoms with van der Waals surface area (Å²) in [6.07, 6.45) is 13.4. The molecule has 3 rings (SSSR count). The maximum atomic E-state index is 5.50. The summed E-state index contributed by atoms with van der Waals surface area (Å²) >= 11 is 0. The Morgan fingerprint density at radius 2 is 1.86 bits per heavy atom. The van der Waals surface area contributed by atoms with E-state index in [0.717, 1.165) is 31.7 Å². The highest BCUT2D eigenvalue weighted by atomic mass is 16.5. The van der Waals surface area contributed by atoms with Crippen molar-refractivity contribution in [1.29, 1.82) is 0 Å². The van der Waals surface area contributed by atoms with Gasteiger partial charge in [0.2, 0.25) is 0 Å². The Bertz CT molecular complexity index is 834. The van der Waals surface area contributed by atoms with E-state index in [9.17, 15) is 0 Å². The number of benzene rings is 1. The van der Waals surface area contributed by atoms with E-state index in [1.807, 2.05) is 0 Å². The average Bonchev–Trinajstić information content (AvgIpc) is 3.03. The zero-order valence-electron chi connectivity index (χ0n) is 18.1. The molecular weight excluding hydrogens is 344 g/mol. The van der Waals surface area contributed by atoms with Gasteiger partial charge in [-0.1, -0.05) is 29.7 Å². The van der Waals surface area contributed by atoms with E-state index in [1.165, 1.54) is 60.0 Å². The fourth-order valence-corrected chi connectivity index (χ4v) is 4.06. The molecule has 0 saturated carbocycles. The number of nitrogens with zero attached hydrogens (tertiary/aromatic N) is 2. The number of aromatic nitrogens is 1. The lowest BCUT2D eigenvalue weighted by Gasteiger charge is -2.26. The highest BCUT2D eigenvalue weighted by Gasteiger charge is 2.15. The smallest absolute Gasteiger partial charge is 0.119 e. The molecule has 0 spiro atoms. The molecule has 3 nitrogen and oxygen atoms in total. The summed E-state index contributed by atoms with van der Waals surface area (Å²) in [6, 6.07) is 6.49. The van der Waals surface area contributed by atoms with Crippen LogP contribution in [0.5, 0.6) is 5.75 Å². The van der Waals surface area contributed by atoms with Crippen LogP contribution in [-0.2, 0) is 13.1 Å². The number of methoxy groups -OCH3 is 1. The Balaban J connectivity index is 1.80. The van der Waals surface area contributed by atoms with Gasteiger partial charge in [0, 0.05) is 30.2 Å². The topological polar surface area (TPSA) is 17.4 Å². The van der Waals surface area contributed by atoms with Gasteiger partial charge in [0.15, 0.2) is 0 Å². The molecular formula is C25H36N2O. The van der Waals surface area contributed by atoms with Crippen LogP contribution in [0.2, 0.25) is 0 Å². The molecule has 0 radical (unpaired) electrons. The molecule has 28 heavy (non-hydrogen) atoms. The number of rotatable bonds is 8. The van der Waals surface area contributed by atoms with Gasteiger partial charge in [0.25, 0.3) is 0 Å². The van der Waals surface area contributed by atoms with E-state index in [1.54, 1.807) is 7.11 Å². The van der Waals surface area contributed by atoms with Crippen LogP contribution < -0.4 is 4.74 Å². The SMILES string of the molecule is COc1ccc2c(c1)c(CN1CCCCC1)cn2C/C=C(\C)CCC=C(C)C. The Labute approximate surface area is 170 Å². The highest BCUT2D eigenvalue weighted by molar-refractivity contribution is 5.85. The van der Waals surface area contributed by atoms with Crippen molar-refractivity contribution in [2.24, 2.45) is 0 Å². The summed E-state index contributed by atoms with van der Waals surface area (Å²) in [4.78, 5) is 2.60. The normalized spacial score (nSPS) is 15.8. The maximum absolute atomic E-state index is 5.50. The van der Waals surface area contributed by atoms with E-state index < -0.39 is 0 Å². The summed E-state index contributed by atoms with van der Waals surface area (Å²) in [5.74, 6) is 0.943. The van der Waals surface area contributed by atoms with E-state index in [4.69, 9.17) is 4.74 Å². The summed E-state index contributed by atoms with van der Waals surface area (Å²) in [6.45, 7) is 11.0. The molecule has 0 atom stereocenters. The van der Waals surface area contributed by atoms with Gasteiger partial charge in [0.05, 0.1) is 7.11 Å². The number of hydrogen-bond donors (Lipinski definition) is 0. The number of piperidine rings is 1. The van der Waals surface area contributed by atoms with Crippen LogP contribution in [0.15, 0.2) is 47.7 Å². The summed E-state index contributed by atoms with van der Waals surface area (Å²) in [5, 5.41) is 1.33. The monoisotopic (exact) mass is 380 g/mol. The first-order valence-corrected chi connectivity index (χ1v) is 10.7. The molecule has 0 bridgehead atoms. The molecule has 1 aromatic carbocycles. The number of hydrogen-bond acceptors (Lipinski definition) is 2. The van der Waals surface area contributed by atoms with Crippen molar-refractivity contribution >= 4 is 10.9 Å². The van der Waals surface area contributed by atoms with Crippen LogP contribution >= 0.6 is 0 Å². The van der Waals surface area contributed by atoms with Crippen molar-refractivity contribution in [3.05, 3.63) is 53.3 Å². The molecule has 0 unspecified atom stereocenters. The molecule has 1 aliphatic rings. The molecule has 1 aliphatic heterocycles. The molecule has 3 heteroatoms. The molecule has 2 aromatic rings. The summed E-state index contributed by atoms with van der Waals surface area (Å²) in [5.41, 5.74) is 5.60. The third-order valence-electron chi connectivity index (χ3n) is 5.74. The number of fused-ring (bicyclic) bond motifs is 1. The van der Waals surface area contributed by atoms with E-state index in [2.05, 4.69) is 66.8 Å². The van der Waals surface area contributed by atoms with Crippen molar-refractivity contribution in [3.63, 3.8) is 0 Å². The second kappa shape index (κ2) is 9.97. The molecule has 1 fully saturated rings. The first-order valence-electron chi connectivity index (χ1n) is 10.7. The molecule has 152 valence electrons. The summed E-state index contributed by atoms with van der Waals surface area (Å²) in [7, 11) is 1.75. The highest BCUT2D eigenvalue weighted by Crippen LogP contribution is 2.28. The Hall–Kier alpha value is -2.00. The number of allylic oxidation sites excluding steroid dienone is 4. The fourth-order valence-electron chi connectivity index (χ4n) is 4.06. The molecule has 0 amide bonds. The van der Waals surface area contributed by atoms with Crippen molar-refractivity contribution in [2.75, 3.05) is 20.2 Å². The zero-order valence-corrected chi connectivity index (χ0v) is 18.1. The Morgan fingerprint density at radius 1 is 1.07 bits per heavy atom. The van der Waals surface area contributed by atoms with Crippen LogP contribution in [0.3, 0.4) is 0 Å². The van der Waals surface area contributed by atoms with Gasteiger partial charge in [-0.2, -0.15) is 0 Å². The lowest BCUT2D eigenvalue weighted by atomic mass is 10.1. The third kappa shape index (κ3) is 5.51. The first kappa shape index (κ1) is 20.7. The van der Waals surface area contributed by atoms with E-state index >= 15 is 0 Å². The van der Waals surface area contributed by atoms with Crippen molar-refractivity contribution in [2.45, 2.75) is 66.0 Å². The van der Waals surface area contributed by atoms with Gasteiger partial charge in [-0.25, -0.2) is 0 Å². The minimum Gasteiger partial charge on any atom is -0.497 e. The second-order valence-corrected chi connectivity index (χ2v) is 8.40. The number of likely N-dealkylation sites (tertiary alicyclic amines) is 1. The predicted octanol–water partition coefficient (Wildman–Crippen LogP) is 6.33. The lowest BCUT2D eigenvalue weighted by Crippen LogP contribution is -2.28. The quantitative estimate of drug-likeness (QED) is 0.498. The molecule has 1 saturated heterocycles. The second-order valence-electron chi connectivity index (χ2n) is 8.40. The van der Waals surface area contributed by atoms with Gasteiger partial charge in [0.1, 0.15) is 5.75 Å². The largest absolute Gasteiger partial charge is 0.497 e. The van der Waals surface area contributed by atoms with Crippen molar-refractivity contribution in [1.82, 2.24) is 9.47 Å².